The minimum absolute atomic E-state index is 0.0137. The number of aromatic nitrogens is 1. The Labute approximate surface area is 180 Å². The van der Waals surface area contributed by atoms with Gasteiger partial charge in [0.1, 0.15) is 5.52 Å². The molecular formula is C23H24ClN3O3. The first-order valence-corrected chi connectivity index (χ1v) is 10.6. The maximum absolute atomic E-state index is 12.9. The van der Waals surface area contributed by atoms with Gasteiger partial charge in [-0.15, -0.1) is 0 Å². The van der Waals surface area contributed by atoms with Crippen molar-refractivity contribution in [1.29, 1.82) is 0 Å². The van der Waals surface area contributed by atoms with Crippen molar-refractivity contribution >= 4 is 34.5 Å². The molecule has 1 unspecified atom stereocenters. The van der Waals surface area contributed by atoms with Crippen LogP contribution in [0.3, 0.4) is 0 Å². The molecule has 6 nitrogen and oxygen atoms in total. The van der Waals surface area contributed by atoms with Gasteiger partial charge in [-0.1, -0.05) is 11.6 Å². The Morgan fingerprint density at radius 3 is 2.70 bits per heavy atom. The molecule has 156 valence electrons. The number of oxazole rings is 1. The molecule has 0 saturated heterocycles. The molecule has 7 heteroatoms. The van der Waals surface area contributed by atoms with Crippen LogP contribution in [0.15, 0.2) is 46.9 Å². The van der Waals surface area contributed by atoms with Crippen molar-refractivity contribution in [2.75, 3.05) is 13.6 Å². The summed E-state index contributed by atoms with van der Waals surface area (Å²) in [6.07, 6.45) is 2.36. The molecule has 2 amide bonds. The van der Waals surface area contributed by atoms with Gasteiger partial charge in [-0.3, -0.25) is 9.59 Å². The first-order chi connectivity index (χ1) is 14.5. The Hall–Kier alpha value is -2.86. The van der Waals surface area contributed by atoms with Crippen molar-refractivity contribution in [3.63, 3.8) is 0 Å². The van der Waals surface area contributed by atoms with E-state index in [4.69, 9.17) is 16.0 Å². The maximum atomic E-state index is 12.9. The summed E-state index contributed by atoms with van der Waals surface area (Å²) in [5, 5.41) is 3.48. The molecule has 1 N–H and O–H groups in total. The Kier molecular flexibility index (Phi) is 5.77. The first-order valence-electron chi connectivity index (χ1n) is 10.2. The molecule has 1 aliphatic rings. The van der Waals surface area contributed by atoms with Crippen LogP contribution in [0.5, 0.6) is 0 Å². The molecule has 1 saturated carbocycles. The van der Waals surface area contributed by atoms with Crippen LogP contribution < -0.4 is 5.32 Å². The van der Waals surface area contributed by atoms with Gasteiger partial charge in [0.25, 0.3) is 5.91 Å². The monoisotopic (exact) mass is 425 g/mol. The lowest BCUT2D eigenvalue weighted by Gasteiger charge is -2.25. The lowest BCUT2D eigenvalue weighted by atomic mass is 10.1. The second-order valence-electron chi connectivity index (χ2n) is 7.68. The number of halogens is 1. The summed E-state index contributed by atoms with van der Waals surface area (Å²) in [5.74, 6) is 0.512. The minimum Gasteiger partial charge on any atom is -0.436 e. The van der Waals surface area contributed by atoms with E-state index in [0.717, 1.165) is 18.4 Å². The zero-order valence-corrected chi connectivity index (χ0v) is 17.8. The fourth-order valence-electron chi connectivity index (χ4n) is 4.02. The molecule has 0 bridgehead atoms. The predicted molar refractivity (Wildman–Crippen MR) is 116 cm³/mol. The first kappa shape index (κ1) is 20.4. The highest BCUT2D eigenvalue weighted by Gasteiger charge is 2.33. The molecule has 0 radical (unpaired) electrons. The number of fused-ring (bicyclic) bond motifs is 1. The molecule has 3 aromatic rings. The van der Waals surface area contributed by atoms with Crippen molar-refractivity contribution in [2.24, 2.45) is 5.92 Å². The summed E-state index contributed by atoms with van der Waals surface area (Å²) in [6.45, 7) is 2.55. The third-order valence-electron chi connectivity index (χ3n) is 5.72. The summed E-state index contributed by atoms with van der Waals surface area (Å²) in [4.78, 5) is 31.2. The second kappa shape index (κ2) is 8.48. The Bertz CT molecular complexity index is 1080. The molecule has 1 aliphatic carbocycles. The largest absolute Gasteiger partial charge is 0.436 e. The highest BCUT2D eigenvalue weighted by molar-refractivity contribution is 6.31. The van der Waals surface area contributed by atoms with Crippen molar-refractivity contribution in [3.8, 4) is 11.5 Å². The second-order valence-corrected chi connectivity index (χ2v) is 8.12. The molecular weight excluding hydrogens is 402 g/mol. The molecule has 2 aromatic carbocycles. The van der Waals surface area contributed by atoms with E-state index in [1.165, 1.54) is 0 Å². The van der Waals surface area contributed by atoms with E-state index in [-0.39, 0.29) is 23.8 Å². The van der Waals surface area contributed by atoms with Crippen molar-refractivity contribution in [1.82, 2.24) is 15.2 Å². The standard InChI is InChI=1S/C23H24ClN3O3/c1-3-25-21(28)16-8-10-18(12-16)27(2)23(29)15-6-4-14(5-7-15)22-26-19-13-17(24)9-11-20(19)30-22/h4-7,9,11,13,16,18H,3,8,10,12H2,1-2H3,(H,25,28)/t16-,18?/m0/s1. The fraction of sp³-hybridized carbons (Fsp3) is 0.348. The normalized spacial score (nSPS) is 18.5. The molecule has 0 aliphatic heterocycles. The van der Waals surface area contributed by atoms with E-state index in [0.29, 0.717) is 40.5 Å². The number of hydrogen-bond donors (Lipinski definition) is 1. The molecule has 1 aromatic heterocycles. The van der Waals surface area contributed by atoms with E-state index in [1.54, 1.807) is 35.2 Å². The Morgan fingerprint density at radius 1 is 1.20 bits per heavy atom. The molecule has 4 rings (SSSR count). The molecule has 2 atom stereocenters. The van der Waals surface area contributed by atoms with Crippen LogP contribution in [0, 0.1) is 5.92 Å². The fourth-order valence-corrected chi connectivity index (χ4v) is 4.18. The van der Waals surface area contributed by atoms with E-state index in [1.807, 2.05) is 26.1 Å². The Morgan fingerprint density at radius 2 is 1.97 bits per heavy atom. The number of carbonyl (C=O) groups is 2. The number of nitrogens with one attached hydrogen (secondary N) is 1. The van der Waals surface area contributed by atoms with Crippen LogP contribution in [0.25, 0.3) is 22.6 Å². The third kappa shape index (κ3) is 4.05. The van der Waals surface area contributed by atoms with Gasteiger partial charge in [0, 0.05) is 41.7 Å². The predicted octanol–water partition coefficient (Wildman–Crippen LogP) is 4.53. The average molecular weight is 426 g/mol. The number of amides is 2. The number of hydrogen-bond acceptors (Lipinski definition) is 4. The number of carbonyl (C=O) groups excluding carboxylic acids is 2. The lowest BCUT2D eigenvalue weighted by molar-refractivity contribution is -0.124. The van der Waals surface area contributed by atoms with Crippen LogP contribution in [-0.2, 0) is 4.79 Å². The van der Waals surface area contributed by atoms with E-state index >= 15 is 0 Å². The van der Waals surface area contributed by atoms with Gasteiger partial charge in [-0.2, -0.15) is 0 Å². The van der Waals surface area contributed by atoms with Gasteiger partial charge in [-0.25, -0.2) is 4.98 Å². The topological polar surface area (TPSA) is 75.4 Å². The van der Waals surface area contributed by atoms with Crippen molar-refractivity contribution in [3.05, 3.63) is 53.1 Å². The minimum atomic E-state index is -0.0487. The van der Waals surface area contributed by atoms with Gasteiger partial charge >= 0.3 is 0 Å². The van der Waals surface area contributed by atoms with E-state index < -0.39 is 0 Å². The van der Waals surface area contributed by atoms with Crippen LogP contribution >= 0.6 is 11.6 Å². The lowest BCUT2D eigenvalue weighted by Crippen LogP contribution is -2.36. The number of nitrogens with zero attached hydrogens (tertiary/aromatic N) is 2. The van der Waals surface area contributed by atoms with Gasteiger partial charge in [0.15, 0.2) is 5.58 Å². The van der Waals surface area contributed by atoms with E-state index in [9.17, 15) is 9.59 Å². The average Bonchev–Trinajstić information content (AvgIpc) is 3.40. The third-order valence-corrected chi connectivity index (χ3v) is 5.96. The zero-order valence-electron chi connectivity index (χ0n) is 17.0. The number of rotatable bonds is 5. The maximum Gasteiger partial charge on any atom is 0.253 e. The molecule has 30 heavy (non-hydrogen) atoms. The van der Waals surface area contributed by atoms with Gasteiger partial charge < -0.3 is 14.6 Å². The van der Waals surface area contributed by atoms with Crippen molar-refractivity contribution in [2.45, 2.75) is 32.2 Å². The summed E-state index contributed by atoms with van der Waals surface area (Å²) in [5.41, 5.74) is 2.75. The molecule has 1 heterocycles. The Balaban J connectivity index is 1.45. The van der Waals surface area contributed by atoms with Gasteiger partial charge in [-0.05, 0) is 68.7 Å². The molecule has 0 spiro atoms. The highest BCUT2D eigenvalue weighted by atomic mass is 35.5. The summed E-state index contributed by atoms with van der Waals surface area (Å²) >= 11 is 6.01. The summed E-state index contributed by atoms with van der Waals surface area (Å²) < 4.78 is 5.79. The van der Waals surface area contributed by atoms with Crippen LogP contribution in [-0.4, -0.2) is 41.3 Å². The smallest absolute Gasteiger partial charge is 0.253 e. The quantitative estimate of drug-likeness (QED) is 0.651. The zero-order chi connectivity index (χ0) is 21.3. The van der Waals surface area contributed by atoms with E-state index in [2.05, 4.69) is 10.3 Å². The van der Waals surface area contributed by atoms with Crippen LogP contribution in [0.2, 0.25) is 5.02 Å². The van der Waals surface area contributed by atoms with Gasteiger partial charge in [0.05, 0.1) is 0 Å². The van der Waals surface area contributed by atoms with Crippen LogP contribution in [0.1, 0.15) is 36.5 Å². The number of benzene rings is 2. The summed E-state index contributed by atoms with van der Waals surface area (Å²) in [6, 6.07) is 12.6. The highest BCUT2D eigenvalue weighted by Crippen LogP contribution is 2.30. The van der Waals surface area contributed by atoms with Gasteiger partial charge in [0.2, 0.25) is 11.8 Å². The molecule has 1 fully saturated rings. The SMILES string of the molecule is CCNC(=O)[C@H]1CCC(N(C)C(=O)c2ccc(-c3nc4cc(Cl)ccc4o3)cc2)C1. The van der Waals surface area contributed by atoms with Crippen LogP contribution in [0.4, 0.5) is 0 Å². The van der Waals surface area contributed by atoms with Crippen molar-refractivity contribution < 1.29 is 14.0 Å². The summed E-state index contributed by atoms with van der Waals surface area (Å²) in [7, 11) is 1.81.